The van der Waals surface area contributed by atoms with Crippen LogP contribution >= 0.6 is 11.6 Å². The number of halogens is 1. The van der Waals surface area contributed by atoms with Crippen molar-refractivity contribution in [3.63, 3.8) is 0 Å². The number of nitrogens with one attached hydrogen (secondary N) is 1. The van der Waals surface area contributed by atoms with Crippen molar-refractivity contribution in [1.29, 1.82) is 0 Å². The Bertz CT molecular complexity index is 471. The highest BCUT2D eigenvalue weighted by Crippen LogP contribution is 2.13. The maximum atomic E-state index is 5.76. The molecule has 0 saturated heterocycles. The van der Waals surface area contributed by atoms with E-state index in [4.69, 9.17) is 11.6 Å². The molecular formula is C12H12ClN3. The monoisotopic (exact) mass is 233 g/mol. The minimum atomic E-state index is 0.396. The van der Waals surface area contributed by atoms with E-state index in [1.807, 2.05) is 43.3 Å². The summed E-state index contributed by atoms with van der Waals surface area (Å²) in [5.41, 5.74) is 2.70. The lowest BCUT2D eigenvalue weighted by Crippen LogP contribution is -2.00. The van der Waals surface area contributed by atoms with E-state index in [9.17, 15) is 0 Å². The Kier molecular flexibility index (Phi) is 3.37. The molecule has 16 heavy (non-hydrogen) atoms. The predicted octanol–water partition coefficient (Wildman–Crippen LogP) is 3.27. The first-order chi connectivity index (χ1) is 7.78. The van der Waals surface area contributed by atoms with E-state index in [1.54, 1.807) is 0 Å². The molecule has 0 unspecified atom stereocenters. The topological polar surface area (TPSA) is 37.8 Å². The summed E-state index contributed by atoms with van der Waals surface area (Å²) in [5.74, 6) is 0.981. The maximum Gasteiger partial charge on any atom is 0.227 e. The minimum Gasteiger partial charge on any atom is -0.324 e. The van der Waals surface area contributed by atoms with Gasteiger partial charge in [-0.1, -0.05) is 18.2 Å². The van der Waals surface area contributed by atoms with E-state index >= 15 is 0 Å². The van der Waals surface area contributed by atoms with Crippen molar-refractivity contribution in [3.05, 3.63) is 47.8 Å². The molecule has 2 aromatic rings. The highest BCUT2D eigenvalue weighted by Gasteiger charge is 2.01. The first-order valence-electron chi connectivity index (χ1n) is 5.00. The Hall–Kier alpha value is -1.61. The van der Waals surface area contributed by atoms with Gasteiger partial charge in [-0.15, -0.1) is 11.6 Å². The van der Waals surface area contributed by atoms with Crippen molar-refractivity contribution in [2.24, 2.45) is 0 Å². The van der Waals surface area contributed by atoms with Crippen LogP contribution in [0.5, 0.6) is 0 Å². The maximum absolute atomic E-state index is 5.76. The summed E-state index contributed by atoms with van der Waals surface area (Å²) in [6.45, 7) is 1.92. The summed E-state index contributed by atoms with van der Waals surface area (Å²) in [4.78, 5) is 8.59. The number of anilines is 2. The number of benzene rings is 1. The fourth-order valence-corrected chi connectivity index (χ4v) is 1.55. The molecule has 1 heterocycles. The lowest BCUT2D eigenvalue weighted by Gasteiger charge is -2.06. The lowest BCUT2D eigenvalue weighted by atomic mass is 10.3. The molecule has 0 radical (unpaired) electrons. The first kappa shape index (κ1) is 10.9. The molecule has 4 heteroatoms. The fraction of sp³-hybridized carbons (Fsp3) is 0.167. The van der Waals surface area contributed by atoms with Gasteiger partial charge in [0.25, 0.3) is 0 Å². The van der Waals surface area contributed by atoms with Crippen molar-refractivity contribution in [2.75, 3.05) is 5.32 Å². The highest BCUT2D eigenvalue weighted by atomic mass is 35.5. The summed E-state index contributed by atoms with van der Waals surface area (Å²) in [7, 11) is 0. The average Bonchev–Trinajstić information content (AvgIpc) is 2.29. The second-order valence-corrected chi connectivity index (χ2v) is 3.72. The van der Waals surface area contributed by atoms with Crippen LogP contribution in [-0.4, -0.2) is 9.97 Å². The number of aromatic nitrogens is 2. The summed E-state index contributed by atoms with van der Waals surface area (Å²) < 4.78 is 0. The molecule has 3 nitrogen and oxygen atoms in total. The third kappa shape index (κ3) is 2.70. The zero-order valence-electron chi connectivity index (χ0n) is 8.94. The van der Waals surface area contributed by atoms with Crippen molar-refractivity contribution in [3.8, 4) is 0 Å². The Morgan fingerprint density at radius 3 is 2.62 bits per heavy atom. The van der Waals surface area contributed by atoms with Crippen LogP contribution in [0.1, 0.15) is 11.4 Å². The molecule has 82 valence electrons. The zero-order chi connectivity index (χ0) is 11.4. The van der Waals surface area contributed by atoms with Crippen LogP contribution in [0, 0.1) is 6.92 Å². The van der Waals surface area contributed by atoms with E-state index in [0.29, 0.717) is 11.8 Å². The first-order valence-corrected chi connectivity index (χ1v) is 5.54. The van der Waals surface area contributed by atoms with Gasteiger partial charge < -0.3 is 5.32 Å². The molecule has 0 atom stereocenters. The van der Waals surface area contributed by atoms with Gasteiger partial charge in [0.15, 0.2) is 0 Å². The number of hydrogen-bond donors (Lipinski definition) is 1. The third-order valence-electron chi connectivity index (χ3n) is 2.07. The number of nitrogens with zero attached hydrogens (tertiary/aromatic N) is 2. The van der Waals surface area contributed by atoms with Gasteiger partial charge >= 0.3 is 0 Å². The van der Waals surface area contributed by atoms with Crippen LogP contribution in [0.2, 0.25) is 0 Å². The van der Waals surface area contributed by atoms with Crippen LogP contribution in [-0.2, 0) is 5.88 Å². The van der Waals surface area contributed by atoms with Crippen LogP contribution in [0.15, 0.2) is 36.4 Å². The number of aryl methyl sites for hydroxylation is 1. The smallest absolute Gasteiger partial charge is 0.227 e. The van der Waals surface area contributed by atoms with Crippen molar-refractivity contribution >= 4 is 23.2 Å². The third-order valence-corrected chi connectivity index (χ3v) is 2.35. The molecule has 0 spiro atoms. The quantitative estimate of drug-likeness (QED) is 0.827. The van der Waals surface area contributed by atoms with Crippen LogP contribution < -0.4 is 5.32 Å². The molecule has 0 aliphatic carbocycles. The van der Waals surface area contributed by atoms with E-state index in [-0.39, 0.29) is 0 Å². The van der Waals surface area contributed by atoms with E-state index in [1.165, 1.54) is 0 Å². The van der Waals surface area contributed by atoms with Gasteiger partial charge in [0.2, 0.25) is 5.95 Å². The van der Waals surface area contributed by atoms with Crippen molar-refractivity contribution in [1.82, 2.24) is 9.97 Å². The van der Waals surface area contributed by atoms with Gasteiger partial charge in [-0.05, 0) is 25.1 Å². The molecule has 1 aromatic heterocycles. The van der Waals surface area contributed by atoms with Crippen molar-refractivity contribution in [2.45, 2.75) is 12.8 Å². The summed E-state index contributed by atoms with van der Waals surface area (Å²) in [6, 6.07) is 11.7. The molecule has 0 fully saturated rings. The Balaban J connectivity index is 2.24. The largest absolute Gasteiger partial charge is 0.324 e. The summed E-state index contributed by atoms with van der Waals surface area (Å²) in [6.07, 6.45) is 0. The second-order valence-electron chi connectivity index (χ2n) is 3.45. The van der Waals surface area contributed by atoms with E-state index in [2.05, 4.69) is 15.3 Å². The number of hydrogen-bond acceptors (Lipinski definition) is 3. The standard InChI is InChI=1S/C12H12ClN3/c1-9-7-11(8-13)16-12(14-9)15-10-5-3-2-4-6-10/h2-7H,8H2,1H3,(H,14,15,16). The van der Waals surface area contributed by atoms with E-state index in [0.717, 1.165) is 17.1 Å². The molecule has 0 aliphatic rings. The van der Waals surface area contributed by atoms with Crippen molar-refractivity contribution < 1.29 is 0 Å². The van der Waals surface area contributed by atoms with Gasteiger partial charge in [0, 0.05) is 11.4 Å². The normalized spacial score (nSPS) is 10.1. The summed E-state index contributed by atoms with van der Waals surface area (Å²) >= 11 is 5.76. The number of alkyl halides is 1. The second kappa shape index (κ2) is 4.94. The number of rotatable bonds is 3. The van der Waals surface area contributed by atoms with Gasteiger partial charge in [-0.25, -0.2) is 9.97 Å². The Labute approximate surface area is 99.5 Å². The molecular weight excluding hydrogens is 222 g/mol. The lowest BCUT2D eigenvalue weighted by molar-refractivity contribution is 1.05. The SMILES string of the molecule is Cc1cc(CCl)nc(Nc2ccccc2)n1. The molecule has 1 N–H and O–H groups in total. The van der Waals surface area contributed by atoms with Crippen LogP contribution in [0.25, 0.3) is 0 Å². The Morgan fingerprint density at radius 1 is 1.19 bits per heavy atom. The summed E-state index contributed by atoms with van der Waals surface area (Å²) in [5, 5.41) is 3.14. The van der Waals surface area contributed by atoms with Gasteiger partial charge in [-0.2, -0.15) is 0 Å². The molecule has 0 amide bonds. The molecule has 1 aromatic carbocycles. The molecule has 0 bridgehead atoms. The Morgan fingerprint density at radius 2 is 1.94 bits per heavy atom. The van der Waals surface area contributed by atoms with Crippen LogP contribution in [0.4, 0.5) is 11.6 Å². The molecule has 2 rings (SSSR count). The minimum absolute atomic E-state index is 0.396. The molecule has 0 saturated carbocycles. The molecule has 0 aliphatic heterocycles. The van der Waals surface area contributed by atoms with Gasteiger partial charge in [-0.3, -0.25) is 0 Å². The zero-order valence-corrected chi connectivity index (χ0v) is 9.70. The highest BCUT2D eigenvalue weighted by molar-refractivity contribution is 6.16. The average molecular weight is 234 g/mol. The predicted molar refractivity (Wildman–Crippen MR) is 66.1 cm³/mol. The van der Waals surface area contributed by atoms with Gasteiger partial charge in [0.05, 0.1) is 11.6 Å². The van der Waals surface area contributed by atoms with Gasteiger partial charge in [0.1, 0.15) is 0 Å². The fourth-order valence-electron chi connectivity index (χ4n) is 1.41. The van der Waals surface area contributed by atoms with E-state index < -0.39 is 0 Å². The van der Waals surface area contributed by atoms with Crippen LogP contribution in [0.3, 0.4) is 0 Å². The number of para-hydroxylation sites is 1.